The van der Waals surface area contributed by atoms with E-state index in [-0.39, 0.29) is 0 Å². The summed E-state index contributed by atoms with van der Waals surface area (Å²) in [7, 11) is 0. The van der Waals surface area contributed by atoms with Crippen LogP contribution in [-0.2, 0) is 0 Å². The summed E-state index contributed by atoms with van der Waals surface area (Å²) in [5, 5.41) is 4.60. The summed E-state index contributed by atoms with van der Waals surface area (Å²) in [4.78, 5) is 0. The van der Waals surface area contributed by atoms with Gasteiger partial charge >= 0.3 is 0 Å². The molecule has 4 rings (SSSR count). The molecule has 1 spiro atoms. The summed E-state index contributed by atoms with van der Waals surface area (Å²) in [5.74, 6) is 2.67. The van der Waals surface area contributed by atoms with Crippen LogP contribution < -0.4 is 5.32 Å². The molecule has 1 heterocycles. The topological polar surface area (TPSA) is 12.0 Å². The van der Waals surface area contributed by atoms with Crippen LogP contribution in [0.15, 0.2) is 24.3 Å². The predicted octanol–water partition coefficient (Wildman–Crippen LogP) is 5.00. The van der Waals surface area contributed by atoms with Gasteiger partial charge in [0.15, 0.2) is 0 Å². The van der Waals surface area contributed by atoms with E-state index in [1.807, 2.05) is 0 Å². The second kappa shape index (κ2) is 5.59. The highest BCUT2D eigenvalue weighted by Gasteiger charge is 2.47. The first-order valence-corrected chi connectivity index (χ1v) is 9.11. The molecule has 3 unspecified atom stereocenters. The molecule has 0 aromatic heterocycles. The average molecular weight is 304 g/mol. The Bertz CT molecular complexity index is 506. The number of benzene rings is 1. The minimum Gasteiger partial charge on any atom is -0.316 e. The normalized spacial score (nSPS) is 36.8. The van der Waals surface area contributed by atoms with Crippen molar-refractivity contribution in [2.75, 3.05) is 13.1 Å². The van der Waals surface area contributed by atoms with E-state index in [4.69, 9.17) is 11.6 Å². The molecule has 3 atom stereocenters. The second-order valence-electron chi connectivity index (χ2n) is 7.58. The Kier molecular flexibility index (Phi) is 3.75. The number of nitrogens with one attached hydrogen (secondary N) is 1. The van der Waals surface area contributed by atoms with E-state index in [9.17, 15) is 0 Å². The fraction of sp³-hybridized carbons (Fsp3) is 0.684. The lowest BCUT2D eigenvalue weighted by Gasteiger charge is -2.50. The summed E-state index contributed by atoms with van der Waals surface area (Å²) < 4.78 is 0. The van der Waals surface area contributed by atoms with Crippen molar-refractivity contribution in [3.63, 3.8) is 0 Å². The Hall–Kier alpha value is -0.530. The van der Waals surface area contributed by atoms with Gasteiger partial charge in [-0.05, 0) is 67.5 Å². The van der Waals surface area contributed by atoms with E-state index in [0.717, 1.165) is 23.4 Å². The molecule has 1 aromatic rings. The van der Waals surface area contributed by atoms with Crippen molar-refractivity contribution in [2.24, 2.45) is 17.3 Å². The molecule has 0 radical (unpaired) electrons. The van der Waals surface area contributed by atoms with Crippen molar-refractivity contribution < 1.29 is 0 Å². The molecule has 0 amide bonds. The molecular weight excluding hydrogens is 278 g/mol. The van der Waals surface area contributed by atoms with Crippen LogP contribution in [-0.4, -0.2) is 13.1 Å². The molecule has 3 fully saturated rings. The quantitative estimate of drug-likeness (QED) is 0.810. The van der Waals surface area contributed by atoms with Gasteiger partial charge in [0.25, 0.3) is 0 Å². The largest absolute Gasteiger partial charge is 0.316 e. The fourth-order valence-corrected chi connectivity index (χ4v) is 5.40. The summed E-state index contributed by atoms with van der Waals surface area (Å²) >= 11 is 6.54. The first-order chi connectivity index (χ1) is 10.3. The monoisotopic (exact) mass is 303 g/mol. The number of hydrogen-bond acceptors (Lipinski definition) is 1. The van der Waals surface area contributed by atoms with Crippen LogP contribution in [0.1, 0.15) is 56.4 Å². The van der Waals surface area contributed by atoms with Gasteiger partial charge in [-0.1, -0.05) is 42.6 Å². The molecular formula is C19H26ClN. The van der Waals surface area contributed by atoms with Crippen LogP contribution in [0.3, 0.4) is 0 Å². The highest BCUT2D eigenvalue weighted by atomic mass is 35.5. The molecule has 1 aromatic carbocycles. The van der Waals surface area contributed by atoms with Gasteiger partial charge in [-0.15, -0.1) is 0 Å². The van der Waals surface area contributed by atoms with Gasteiger partial charge in [-0.3, -0.25) is 0 Å². The van der Waals surface area contributed by atoms with Crippen molar-refractivity contribution in [1.29, 1.82) is 0 Å². The van der Waals surface area contributed by atoms with E-state index in [1.165, 1.54) is 57.1 Å². The van der Waals surface area contributed by atoms with Gasteiger partial charge in [0.2, 0.25) is 0 Å². The van der Waals surface area contributed by atoms with Crippen molar-refractivity contribution in [3.05, 3.63) is 34.9 Å². The zero-order chi connectivity index (χ0) is 14.3. The highest BCUT2D eigenvalue weighted by molar-refractivity contribution is 6.31. The fourth-order valence-electron chi connectivity index (χ4n) is 5.13. The van der Waals surface area contributed by atoms with E-state index >= 15 is 0 Å². The molecule has 1 nitrogen and oxygen atoms in total. The van der Waals surface area contributed by atoms with Crippen LogP contribution in [0.2, 0.25) is 5.02 Å². The third kappa shape index (κ3) is 2.64. The van der Waals surface area contributed by atoms with Crippen LogP contribution in [0.5, 0.6) is 0 Å². The van der Waals surface area contributed by atoms with E-state index < -0.39 is 0 Å². The molecule has 1 aliphatic heterocycles. The minimum absolute atomic E-state index is 0.516. The average Bonchev–Trinajstić information content (AvgIpc) is 3.34. The summed E-state index contributed by atoms with van der Waals surface area (Å²) in [6, 6.07) is 8.55. The number of halogens is 1. The van der Waals surface area contributed by atoms with Crippen LogP contribution in [0.25, 0.3) is 0 Å². The molecule has 21 heavy (non-hydrogen) atoms. The minimum atomic E-state index is 0.516. The third-order valence-electron chi connectivity index (χ3n) is 6.37. The van der Waals surface area contributed by atoms with Gasteiger partial charge in [0.05, 0.1) is 0 Å². The molecule has 1 N–H and O–H groups in total. The van der Waals surface area contributed by atoms with Crippen LogP contribution in [0.4, 0.5) is 0 Å². The molecule has 2 heteroatoms. The maximum atomic E-state index is 6.54. The van der Waals surface area contributed by atoms with Crippen LogP contribution in [0, 0.1) is 17.3 Å². The van der Waals surface area contributed by atoms with Crippen molar-refractivity contribution in [3.8, 4) is 0 Å². The lowest BCUT2D eigenvalue weighted by molar-refractivity contribution is 0.0629. The predicted molar refractivity (Wildman–Crippen MR) is 88.8 cm³/mol. The van der Waals surface area contributed by atoms with Crippen molar-refractivity contribution in [1.82, 2.24) is 5.32 Å². The number of rotatable bonds is 2. The second-order valence-corrected chi connectivity index (χ2v) is 7.99. The zero-order valence-corrected chi connectivity index (χ0v) is 13.5. The van der Waals surface area contributed by atoms with Gasteiger partial charge in [-0.25, -0.2) is 0 Å². The van der Waals surface area contributed by atoms with E-state index in [1.54, 1.807) is 0 Å². The Morgan fingerprint density at radius 1 is 1.05 bits per heavy atom. The molecule has 0 bridgehead atoms. The van der Waals surface area contributed by atoms with Gasteiger partial charge in [0, 0.05) is 17.5 Å². The van der Waals surface area contributed by atoms with Gasteiger partial charge < -0.3 is 5.32 Å². The van der Waals surface area contributed by atoms with E-state index in [2.05, 4.69) is 29.6 Å². The lowest BCUT2D eigenvalue weighted by Crippen LogP contribution is -2.46. The molecule has 3 aliphatic rings. The lowest BCUT2D eigenvalue weighted by atomic mass is 9.57. The molecule has 1 saturated heterocycles. The summed E-state index contributed by atoms with van der Waals surface area (Å²) in [6.07, 6.45) is 10.1. The van der Waals surface area contributed by atoms with Gasteiger partial charge in [-0.2, -0.15) is 0 Å². The molecule has 2 aliphatic carbocycles. The summed E-state index contributed by atoms with van der Waals surface area (Å²) in [5.41, 5.74) is 1.91. The first-order valence-electron chi connectivity index (χ1n) is 8.74. The maximum Gasteiger partial charge on any atom is 0.0441 e. The van der Waals surface area contributed by atoms with E-state index in [0.29, 0.717) is 11.3 Å². The Morgan fingerprint density at radius 3 is 2.71 bits per heavy atom. The van der Waals surface area contributed by atoms with Crippen molar-refractivity contribution >= 4 is 11.6 Å². The smallest absolute Gasteiger partial charge is 0.0441 e. The van der Waals surface area contributed by atoms with Crippen LogP contribution >= 0.6 is 11.6 Å². The highest BCUT2D eigenvalue weighted by Crippen LogP contribution is 2.57. The van der Waals surface area contributed by atoms with Crippen molar-refractivity contribution in [2.45, 2.75) is 50.9 Å². The number of piperidine rings is 1. The molecule has 114 valence electrons. The first kappa shape index (κ1) is 14.1. The Balaban J connectivity index is 1.65. The standard InChI is InChI=1S/C19H26ClN/c20-18-6-2-1-5-16(18)17-13-21-11-10-19(17)9-3-4-15(12-19)14-7-8-14/h1-2,5-6,14-15,17,21H,3-4,7-13H2. The Morgan fingerprint density at radius 2 is 1.90 bits per heavy atom. The molecule has 2 saturated carbocycles. The third-order valence-corrected chi connectivity index (χ3v) is 6.72. The Labute approximate surface area is 133 Å². The SMILES string of the molecule is Clc1ccccc1C1CNCCC12CCCC(C1CC1)C2. The number of hydrogen-bond donors (Lipinski definition) is 1. The zero-order valence-electron chi connectivity index (χ0n) is 12.8. The van der Waals surface area contributed by atoms with Gasteiger partial charge in [0.1, 0.15) is 0 Å². The summed E-state index contributed by atoms with van der Waals surface area (Å²) in [6.45, 7) is 2.31. The maximum absolute atomic E-state index is 6.54.